The van der Waals surface area contributed by atoms with Gasteiger partial charge < -0.3 is 0 Å². The van der Waals surface area contributed by atoms with Crippen molar-refractivity contribution in [2.75, 3.05) is 0 Å². The summed E-state index contributed by atoms with van der Waals surface area (Å²) in [5, 5.41) is 7.05. The first-order chi connectivity index (χ1) is 13.4. The summed E-state index contributed by atoms with van der Waals surface area (Å²) in [6.45, 7) is 3.64. The summed E-state index contributed by atoms with van der Waals surface area (Å²) in [5.74, 6) is -0.969. The van der Waals surface area contributed by atoms with Crippen LogP contribution < -0.4 is 4.72 Å². The predicted molar refractivity (Wildman–Crippen MR) is 106 cm³/mol. The number of sulfonamides is 1. The Hall–Kier alpha value is -2.93. The molecular formula is C21H21N3O3S. The zero-order chi connectivity index (χ0) is 19.9. The van der Waals surface area contributed by atoms with Crippen LogP contribution in [-0.2, 0) is 21.2 Å². The van der Waals surface area contributed by atoms with Crippen molar-refractivity contribution in [3.63, 3.8) is 0 Å². The van der Waals surface area contributed by atoms with Crippen LogP contribution in [0.2, 0.25) is 0 Å². The fourth-order valence-electron chi connectivity index (χ4n) is 3.93. The molecule has 0 saturated carbocycles. The van der Waals surface area contributed by atoms with E-state index in [-0.39, 0.29) is 4.90 Å². The molecule has 1 aliphatic rings. The monoisotopic (exact) mass is 395 g/mol. The highest BCUT2D eigenvalue weighted by Crippen LogP contribution is 2.39. The maximum Gasteiger partial charge on any atom is 0.264 e. The van der Waals surface area contributed by atoms with Crippen LogP contribution in [0.5, 0.6) is 0 Å². The molecule has 2 N–H and O–H groups in total. The summed E-state index contributed by atoms with van der Waals surface area (Å²) in [6, 6.07) is 12.5. The predicted octanol–water partition coefficient (Wildman–Crippen LogP) is 3.23. The second-order valence-electron chi connectivity index (χ2n) is 7.08. The molecule has 1 atom stereocenters. The number of nitrogens with zero attached hydrogens (tertiary/aromatic N) is 1. The van der Waals surface area contributed by atoms with Gasteiger partial charge in [0.15, 0.2) is 0 Å². The van der Waals surface area contributed by atoms with E-state index in [9.17, 15) is 13.2 Å². The minimum absolute atomic E-state index is 0.129. The highest BCUT2D eigenvalue weighted by molar-refractivity contribution is 7.90. The van der Waals surface area contributed by atoms with E-state index < -0.39 is 21.8 Å². The maximum atomic E-state index is 12.9. The molecule has 1 amide bonds. The van der Waals surface area contributed by atoms with Crippen molar-refractivity contribution in [2.24, 2.45) is 0 Å². The average molecular weight is 395 g/mol. The number of carbonyl (C=O) groups excluding carboxylic acids is 1. The second kappa shape index (κ2) is 6.91. The summed E-state index contributed by atoms with van der Waals surface area (Å²) >= 11 is 0. The first-order valence-electron chi connectivity index (χ1n) is 9.13. The van der Waals surface area contributed by atoms with Gasteiger partial charge in [0, 0.05) is 11.8 Å². The van der Waals surface area contributed by atoms with Crippen LogP contribution in [0.4, 0.5) is 0 Å². The molecule has 3 aromatic rings. The van der Waals surface area contributed by atoms with Crippen LogP contribution in [0, 0.1) is 13.8 Å². The van der Waals surface area contributed by atoms with Crippen LogP contribution in [0.25, 0.3) is 11.1 Å². The van der Waals surface area contributed by atoms with E-state index >= 15 is 0 Å². The normalized spacial score (nSPS) is 16.0. The number of hydrogen-bond acceptors (Lipinski definition) is 4. The van der Waals surface area contributed by atoms with E-state index in [1.165, 1.54) is 6.07 Å². The molecule has 1 aliphatic carbocycles. The lowest BCUT2D eigenvalue weighted by atomic mass is 9.95. The lowest BCUT2D eigenvalue weighted by Crippen LogP contribution is -2.34. The molecule has 144 valence electrons. The van der Waals surface area contributed by atoms with Gasteiger partial charge in [-0.3, -0.25) is 9.89 Å². The van der Waals surface area contributed by atoms with Gasteiger partial charge in [0.2, 0.25) is 5.91 Å². The molecule has 0 fully saturated rings. The van der Waals surface area contributed by atoms with Crippen molar-refractivity contribution < 1.29 is 13.2 Å². The molecule has 0 spiro atoms. The van der Waals surface area contributed by atoms with E-state index in [2.05, 4.69) is 14.9 Å². The fraction of sp³-hybridized carbons (Fsp3) is 0.238. The molecule has 1 aromatic heterocycles. The molecule has 0 saturated heterocycles. The average Bonchev–Trinajstić information content (AvgIpc) is 3.27. The van der Waals surface area contributed by atoms with Gasteiger partial charge in [-0.25, -0.2) is 13.1 Å². The van der Waals surface area contributed by atoms with E-state index in [0.717, 1.165) is 34.4 Å². The third-order valence-corrected chi connectivity index (χ3v) is 6.83. The number of rotatable bonds is 4. The number of H-pyrrole nitrogens is 1. The fourth-order valence-corrected chi connectivity index (χ4v) is 5.19. The van der Waals surface area contributed by atoms with Gasteiger partial charge >= 0.3 is 0 Å². The van der Waals surface area contributed by atoms with Crippen molar-refractivity contribution in [2.45, 2.75) is 37.5 Å². The van der Waals surface area contributed by atoms with Gasteiger partial charge in [-0.15, -0.1) is 0 Å². The molecule has 4 rings (SSSR count). The lowest BCUT2D eigenvalue weighted by Gasteiger charge is -2.14. The van der Waals surface area contributed by atoms with Crippen LogP contribution in [0.1, 0.15) is 34.7 Å². The molecule has 1 unspecified atom stereocenters. The van der Waals surface area contributed by atoms with Gasteiger partial charge in [-0.1, -0.05) is 36.4 Å². The van der Waals surface area contributed by atoms with E-state index in [4.69, 9.17) is 0 Å². The summed E-state index contributed by atoms with van der Waals surface area (Å²) in [7, 11) is -3.90. The highest BCUT2D eigenvalue weighted by Gasteiger charge is 2.33. The third kappa shape index (κ3) is 3.11. The number of aromatic nitrogens is 2. The summed E-state index contributed by atoms with van der Waals surface area (Å²) in [6.07, 6.45) is 3.15. The quantitative estimate of drug-likeness (QED) is 0.709. The SMILES string of the molecule is Cc1ccccc1S(=O)(=O)NC(=O)C1CCc2c(-c3c[nH]nc3C)cccc21. The standard InChI is InChI=1S/C21H21N3O3S/c1-13-6-3-4-9-20(13)28(26,27)24-21(25)18-11-10-17-15(18)7-5-8-16(17)19-12-22-23-14(19)2/h3-9,12,18H,10-11H2,1-2H3,(H,22,23)(H,24,25). The van der Waals surface area contributed by atoms with E-state index in [1.54, 1.807) is 25.1 Å². The third-order valence-electron chi connectivity index (χ3n) is 5.33. The van der Waals surface area contributed by atoms with Crippen LogP contribution in [-0.4, -0.2) is 24.5 Å². The number of amides is 1. The van der Waals surface area contributed by atoms with Gasteiger partial charge in [-0.05, 0) is 55.0 Å². The number of carbonyl (C=O) groups is 1. The Morgan fingerprint density at radius 3 is 2.61 bits per heavy atom. The van der Waals surface area contributed by atoms with Gasteiger partial charge in [0.25, 0.3) is 10.0 Å². The van der Waals surface area contributed by atoms with Gasteiger partial charge in [-0.2, -0.15) is 5.10 Å². The van der Waals surface area contributed by atoms with Crippen molar-refractivity contribution in [3.8, 4) is 11.1 Å². The number of aromatic amines is 1. The molecule has 1 heterocycles. The lowest BCUT2D eigenvalue weighted by molar-refractivity contribution is -0.120. The second-order valence-corrected chi connectivity index (χ2v) is 8.74. The van der Waals surface area contributed by atoms with Gasteiger partial charge in [0.05, 0.1) is 16.5 Å². The van der Waals surface area contributed by atoms with Crippen molar-refractivity contribution in [1.29, 1.82) is 0 Å². The number of aryl methyl sites for hydroxylation is 2. The molecular weight excluding hydrogens is 374 g/mol. The Bertz CT molecular complexity index is 1170. The Labute approximate surface area is 164 Å². The molecule has 2 aromatic carbocycles. The van der Waals surface area contributed by atoms with Gasteiger partial charge in [0.1, 0.15) is 0 Å². The zero-order valence-corrected chi connectivity index (χ0v) is 16.5. The number of benzene rings is 2. The molecule has 6 nitrogen and oxygen atoms in total. The number of nitrogens with one attached hydrogen (secondary N) is 2. The minimum atomic E-state index is -3.90. The van der Waals surface area contributed by atoms with Crippen molar-refractivity contribution >= 4 is 15.9 Å². The zero-order valence-electron chi connectivity index (χ0n) is 15.7. The summed E-state index contributed by atoms with van der Waals surface area (Å²) < 4.78 is 27.6. The number of hydrogen-bond donors (Lipinski definition) is 2. The van der Waals surface area contributed by atoms with Crippen molar-refractivity contribution in [3.05, 3.63) is 71.0 Å². The minimum Gasteiger partial charge on any atom is -0.285 e. The largest absolute Gasteiger partial charge is 0.285 e. The maximum absolute atomic E-state index is 12.9. The Morgan fingerprint density at radius 1 is 1.11 bits per heavy atom. The van der Waals surface area contributed by atoms with Crippen LogP contribution in [0.15, 0.2) is 53.6 Å². The molecule has 0 radical (unpaired) electrons. The Kier molecular flexibility index (Phi) is 4.55. The first-order valence-corrected chi connectivity index (χ1v) is 10.6. The Balaban J connectivity index is 1.64. The molecule has 0 bridgehead atoms. The summed E-state index contributed by atoms with van der Waals surface area (Å²) in [4.78, 5) is 13.0. The first kappa shape index (κ1) is 18.4. The highest BCUT2D eigenvalue weighted by atomic mass is 32.2. The molecule has 28 heavy (non-hydrogen) atoms. The van der Waals surface area contributed by atoms with E-state index in [1.807, 2.05) is 31.3 Å². The molecule has 7 heteroatoms. The van der Waals surface area contributed by atoms with E-state index in [0.29, 0.717) is 12.0 Å². The smallest absolute Gasteiger partial charge is 0.264 e. The molecule has 0 aliphatic heterocycles. The summed E-state index contributed by atoms with van der Waals surface area (Å²) in [5.41, 5.74) is 5.51. The topological polar surface area (TPSA) is 91.9 Å². The number of fused-ring (bicyclic) bond motifs is 1. The van der Waals surface area contributed by atoms with Crippen molar-refractivity contribution in [1.82, 2.24) is 14.9 Å². The van der Waals surface area contributed by atoms with Crippen LogP contribution >= 0.6 is 0 Å². The van der Waals surface area contributed by atoms with Crippen LogP contribution in [0.3, 0.4) is 0 Å². The Morgan fingerprint density at radius 2 is 1.89 bits per heavy atom.